The molecule has 2 aliphatic rings. The van der Waals surface area contributed by atoms with Crippen molar-refractivity contribution >= 4 is 5.97 Å². The van der Waals surface area contributed by atoms with E-state index in [0.717, 1.165) is 54.5 Å². The van der Waals surface area contributed by atoms with E-state index in [1.165, 1.54) is 0 Å². The third-order valence-electron chi connectivity index (χ3n) is 6.78. The molecule has 1 heterocycles. The quantitative estimate of drug-likeness (QED) is 0.626. The maximum absolute atomic E-state index is 12.8. The Morgan fingerprint density at radius 2 is 2.07 bits per heavy atom. The van der Waals surface area contributed by atoms with Crippen molar-refractivity contribution in [2.45, 2.75) is 77.0 Å². The van der Waals surface area contributed by atoms with Gasteiger partial charge in [0, 0.05) is 17.4 Å². The molecular weight excluding hydrogens is 350 g/mol. The summed E-state index contributed by atoms with van der Waals surface area (Å²) in [5.41, 5.74) is 2.81. The van der Waals surface area contributed by atoms with Crippen LogP contribution in [0.25, 0.3) is 0 Å². The number of hydrogen-bond acceptors (Lipinski definition) is 3. The van der Waals surface area contributed by atoms with Crippen molar-refractivity contribution in [1.29, 1.82) is 0 Å². The molecule has 0 saturated carbocycles. The van der Waals surface area contributed by atoms with Crippen molar-refractivity contribution in [3.8, 4) is 5.88 Å². The molecule has 0 saturated heterocycles. The fourth-order valence-electron chi connectivity index (χ4n) is 5.70. The van der Waals surface area contributed by atoms with Crippen LogP contribution in [0.15, 0.2) is 35.4 Å². The number of carboxylic acid groups (broad SMARTS) is 1. The van der Waals surface area contributed by atoms with Crippen LogP contribution in [-0.2, 0) is 15.6 Å². The lowest BCUT2D eigenvalue weighted by atomic mass is 9.48. The summed E-state index contributed by atoms with van der Waals surface area (Å²) in [7, 11) is 1.63. The zero-order valence-electron chi connectivity index (χ0n) is 17.8. The number of hydrogen-bond donors (Lipinski definition) is 1. The molecule has 2 aliphatic carbocycles. The molecule has 1 aromatic heterocycles. The molecule has 1 N–H and O–H groups in total. The highest BCUT2D eigenvalue weighted by molar-refractivity contribution is 5.89. The van der Waals surface area contributed by atoms with Crippen LogP contribution in [0.5, 0.6) is 5.88 Å². The number of rotatable bonds is 7. The Bertz CT molecular complexity index is 825. The number of carbonyl (C=O) groups is 1. The molecule has 0 radical (unpaired) electrons. The molecule has 0 aliphatic heterocycles. The Hall–Kier alpha value is -2.10. The van der Waals surface area contributed by atoms with E-state index in [4.69, 9.17) is 9.72 Å². The summed E-state index contributed by atoms with van der Waals surface area (Å²) in [5.74, 6) is -0.133. The lowest BCUT2D eigenvalue weighted by Crippen LogP contribution is -2.54. The van der Waals surface area contributed by atoms with Crippen LogP contribution in [0.4, 0.5) is 0 Å². The first-order chi connectivity index (χ1) is 13.4. The second-order valence-electron chi connectivity index (χ2n) is 8.38. The SMILES string of the molecule is C/C=C1\C2C=C(C)CC1(C(=O)O)c1ccc(OC)nc1C2(CCC)CCCC. The highest BCUT2D eigenvalue weighted by atomic mass is 16.5. The number of carboxylic acids is 1. The van der Waals surface area contributed by atoms with Gasteiger partial charge in [-0.3, -0.25) is 4.79 Å². The third-order valence-corrected chi connectivity index (χ3v) is 6.78. The van der Waals surface area contributed by atoms with Gasteiger partial charge in [0.1, 0.15) is 5.41 Å². The maximum Gasteiger partial charge on any atom is 0.318 e. The Balaban J connectivity index is 2.42. The largest absolute Gasteiger partial charge is 0.481 e. The van der Waals surface area contributed by atoms with Crippen LogP contribution in [0.2, 0.25) is 0 Å². The second-order valence-corrected chi connectivity index (χ2v) is 8.38. The summed E-state index contributed by atoms with van der Waals surface area (Å²) in [6.07, 6.45) is 10.1. The number of aromatic nitrogens is 1. The van der Waals surface area contributed by atoms with Gasteiger partial charge in [-0.1, -0.05) is 56.9 Å². The van der Waals surface area contributed by atoms with E-state index < -0.39 is 11.4 Å². The topological polar surface area (TPSA) is 59.4 Å². The Morgan fingerprint density at radius 3 is 2.64 bits per heavy atom. The summed E-state index contributed by atoms with van der Waals surface area (Å²) in [5, 5.41) is 10.5. The molecule has 3 rings (SSSR count). The van der Waals surface area contributed by atoms with Gasteiger partial charge < -0.3 is 9.84 Å². The molecule has 3 atom stereocenters. The van der Waals surface area contributed by atoms with Crippen molar-refractivity contribution in [1.82, 2.24) is 4.98 Å². The van der Waals surface area contributed by atoms with E-state index in [9.17, 15) is 9.90 Å². The number of pyridine rings is 1. The molecule has 152 valence electrons. The van der Waals surface area contributed by atoms with E-state index in [0.29, 0.717) is 12.3 Å². The second kappa shape index (κ2) is 7.73. The molecule has 0 amide bonds. The number of unbranched alkanes of at least 4 members (excludes halogenated alkanes) is 1. The van der Waals surface area contributed by atoms with E-state index in [1.54, 1.807) is 7.11 Å². The Kier molecular flexibility index (Phi) is 5.69. The average molecular weight is 384 g/mol. The number of aliphatic carboxylic acids is 1. The van der Waals surface area contributed by atoms with Gasteiger partial charge >= 0.3 is 5.97 Å². The predicted octanol–water partition coefficient (Wildman–Crippen LogP) is 5.57. The average Bonchev–Trinajstić information content (AvgIpc) is 2.69. The summed E-state index contributed by atoms with van der Waals surface area (Å²) in [6.45, 7) is 8.49. The summed E-state index contributed by atoms with van der Waals surface area (Å²) in [4.78, 5) is 17.7. The van der Waals surface area contributed by atoms with E-state index >= 15 is 0 Å². The van der Waals surface area contributed by atoms with Gasteiger partial charge in [0.05, 0.1) is 12.8 Å². The van der Waals surface area contributed by atoms with Gasteiger partial charge in [0.2, 0.25) is 5.88 Å². The van der Waals surface area contributed by atoms with Crippen LogP contribution in [0, 0.1) is 5.92 Å². The molecule has 28 heavy (non-hydrogen) atoms. The number of fused-ring (bicyclic) bond motifs is 4. The zero-order chi connectivity index (χ0) is 20.5. The number of allylic oxidation sites excluding steroid dienone is 3. The third kappa shape index (κ3) is 2.80. The predicted molar refractivity (Wildman–Crippen MR) is 112 cm³/mol. The first kappa shape index (κ1) is 20.6. The Morgan fingerprint density at radius 1 is 1.32 bits per heavy atom. The van der Waals surface area contributed by atoms with Crippen LogP contribution in [0.1, 0.15) is 77.5 Å². The van der Waals surface area contributed by atoms with Gasteiger partial charge in [-0.2, -0.15) is 0 Å². The minimum atomic E-state index is -1.02. The van der Waals surface area contributed by atoms with Crippen molar-refractivity contribution in [3.63, 3.8) is 0 Å². The van der Waals surface area contributed by atoms with Gasteiger partial charge in [0.25, 0.3) is 0 Å². The number of nitrogens with zero attached hydrogens (tertiary/aromatic N) is 1. The van der Waals surface area contributed by atoms with Gasteiger partial charge in [-0.05, 0) is 44.2 Å². The summed E-state index contributed by atoms with van der Waals surface area (Å²) in [6, 6.07) is 3.78. The molecule has 0 fully saturated rings. The lowest BCUT2D eigenvalue weighted by molar-refractivity contribution is -0.143. The van der Waals surface area contributed by atoms with Gasteiger partial charge in [-0.25, -0.2) is 4.98 Å². The molecule has 3 unspecified atom stereocenters. The summed E-state index contributed by atoms with van der Waals surface area (Å²) < 4.78 is 5.46. The van der Waals surface area contributed by atoms with Crippen molar-refractivity contribution in [3.05, 3.63) is 46.7 Å². The highest BCUT2D eigenvalue weighted by Crippen LogP contribution is 2.61. The van der Waals surface area contributed by atoms with E-state index in [-0.39, 0.29) is 11.3 Å². The smallest absolute Gasteiger partial charge is 0.318 e. The molecular formula is C24H33NO3. The van der Waals surface area contributed by atoms with Crippen molar-refractivity contribution in [2.75, 3.05) is 7.11 Å². The fourth-order valence-corrected chi connectivity index (χ4v) is 5.70. The minimum absolute atomic E-state index is 0.0703. The van der Waals surface area contributed by atoms with Crippen molar-refractivity contribution < 1.29 is 14.6 Å². The first-order valence-corrected chi connectivity index (χ1v) is 10.5. The molecule has 2 bridgehead atoms. The Labute approximate surface area is 168 Å². The van der Waals surface area contributed by atoms with E-state index in [1.807, 2.05) is 19.1 Å². The van der Waals surface area contributed by atoms with E-state index in [2.05, 4.69) is 32.9 Å². The zero-order valence-corrected chi connectivity index (χ0v) is 17.8. The monoisotopic (exact) mass is 383 g/mol. The standard InChI is InChI=1S/C24H33NO3/c1-6-9-13-23(12-7-2)19-14-16(4)15-24(22(26)27,17(19)8-3)18-10-11-20(28-5)25-21(18)23/h8,10-11,14,19H,6-7,9,12-13,15H2,1-5H3,(H,26,27)/b17-8+. The van der Waals surface area contributed by atoms with Crippen LogP contribution >= 0.6 is 0 Å². The number of methoxy groups -OCH3 is 1. The highest BCUT2D eigenvalue weighted by Gasteiger charge is 2.60. The minimum Gasteiger partial charge on any atom is -0.481 e. The molecule has 4 nitrogen and oxygen atoms in total. The van der Waals surface area contributed by atoms with Crippen LogP contribution < -0.4 is 4.74 Å². The molecule has 0 spiro atoms. The normalized spacial score (nSPS) is 30.0. The molecule has 1 aromatic rings. The molecule has 4 heteroatoms. The van der Waals surface area contributed by atoms with Crippen LogP contribution in [-0.4, -0.2) is 23.2 Å². The maximum atomic E-state index is 12.8. The van der Waals surface area contributed by atoms with Crippen LogP contribution in [0.3, 0.4) is 0 Å². The first-order valence-electron chi connectivity index (χ1n) is 10.5. The van der Waals surface area contributed by atoms with Gasteiger partial charge in [-0.15, -0.1) is 0 Å². The van der Waals surface area contributed by atoms with Crippen molar-refractivity contribution in [2.24, 2.45) is 5.92 Å². The number of ether oxygens (including phenoxy) is 1. The lowest BCUT2D eigenvalue weighted by Gasteiger charge is -2.54. The molecule has 0 aromatic carbocycles. The van der Waals surface area contributed by atoms with Gasteiger partial charge in [0.15, 0.2) is 0 Å². The summed E-state index contributed by atoms with van der Waals surface area (Å²) >= 11 is 0. The fraction of sp³-hybridized carbons (Fsp3) is 0.583.